The van der Waals surface area contributed by atoms with E-state index in [0.717, 1.165) is 11.1 Å². The van der Waals surface area contributed by atoms with Crippen LogP contribution in [0.15, 0.2) is 23.6 Å². The quantitative estimate of drug-likeness (QED) is 0.628. The summed E-state index contributed by atoms with van der Waals surface area (Å²) < 4.78 is 6.30. The van der Waals surface area contributed by atoms with Crippen molar-refractivity contribution in [3.63, 3.8) is 0 Å². The molecular weight excluding hydrogens is 156 g/mol. The molecule has 0 unspecified atom stereocenters. The summed E-state index contributed by atoms with van der Waals surface area (Å²) in [4.78, 5) is 0. The van der Waals surface area contributed by atoms with Gasteiger partial charge in [0, 0.05) is 16.2 Å². The van der Waals surface area contributed by atoms with E-state index in [1.807, 2.05) is 12.1 Å². The summed E-state index contributed by atoms with van der Waals surface area (Å²) in [5.74, 6) is 0.802. The van der Waals surface area contributed by atoms with Crippen molar-refractivity contribution in [3.05, 3.63) is 29.6 Å². The average molecular weight is 163 g/mol. The smallest absolute Gasteiger partial charge is 0.127 e. The molecule has 0 spiro atoms. The highest BCUT2D eigenvalue weighted by Crippen LogP contribution is 2.23. The van der Waals surface area contributed by atoms with Gasteiger partial charge in [0.2, 0.25) is 0 Å². The molecule has 0 amide bonds. The van der Waals surface area contributed by atoms with Crippen LogP contribution in [0.4, 0.5) is 0 Å². The van der Waals surface area contributed by atoms with Crippen molar-refractivity contribution in [2.75, 3.05) is 7.11 Å². The molecule has 0 fully saturated rings. The van der Waals surface area contributed by atoms with Gasteiger partial charge < -0.3 is 4.74 Å². The Kier molecular flexibility index (Phi) is 1.55. The number of methoxy groups -OCH3 is 1. The number of hydrogen-bond acceptors (Lipinski definition) is 2. The van der Waals surface area contributed by atoms with Crippen molar-refractivity contribution in [1.82, 2.24) is 0 Å². The molecule has 55 valence electrons. The third-order valence-corrected chi connectivity index (χ3v) is 2.44. The maximum absolute atomic E-state index is 5.04. The summed E-state index contributed by atoms with van der Waals surface area (Å²) in [5.41, 5.74) is 0. The summed E-state index contributed by atoms with van der Waals surface area (Å²) in [6, 6.07) is 9.17. The SMILES string of the molecule is COc1[c]c2ccsc2cc1. The fourth-order valence-corrected chi connectivity index (χ4v) is 1.74. The van der Waals surface area contributed by atoms with Crippen LogP contribution in [0.5, 0.6) is 5.75 Å². The van der Waals surface area contributed by atoms with Crippen LogP contribution in [-0.4, -0.2) is 7.11 Å². The van der Waals surface area contributed by atoms with Gasteiger partial charge in [-0.1, -0.05) is 0 Å². The monoisotopic (exact) mass is 163 g/mol. The first-order valence-electron chi connectivity index (χ1n) is 3.33. The van der Waals surface area contributed by atoms with E-state index in [2.05, 4.69) is 17.5 Å². The van der Waals surface area contributed by atoms with Crippen LogP contribution in [0.1, 0.15) is 0 Å². The largest absolute Gasteiger partial charge is 0.496 e. The summed E-state index contributed by atoms with van der Waals surface area (Å²) in [6.45, 7) is 0. The van der Waals surface area contributed by atoms with Crippen LogP contribution in [0, 0.1) is 6.07 Å². The molecule has 0 bridgehead atoms. The van der Waals surface area contributed by atoms with Gasteiger partial charge in [-0.05, 0) is 23.6 Å². The highest BCUT2D eigenvalue weighted by molar-refractivity contribution is 7.17. The number of thiophene rings is 1. The standard InChI is InChI=1S/C9H7OS/c1-10-8-2-3-9-7(6-8)4-5-11-9/h2-5H,1H3. The van der Waals surface area contributed by atoms with Gasteiger partial charge >= 0.3 is 0 Å². The molecule has 11 heavy (non-hydrogen) atoms. The lowest BCUT2D eigenvalue weighted by Gasteiger charge is -1.96. The minimum absolute atomic E-state index is 0.802. The van der Waals surface area contributed by atoms with Crippen molar-refractivity contribution < 1.29 is 4.74 Å². The molecule has 1 aromatic carbocycles. The minimum Gasteiger partial charge on any atom is -0.496 e. The molecule has 2 rings (SSSR count). The molecule has 2 aromatic rings. The second-order valence-corrected chi connectivity index (χ2v) is 3.17. The van der Waals surface area contributed by atoms with Crippen molar-refractivity contribution in [2.24, 2.45) is 0 Å². The van der Waals surface area contributed by atoms with Gasteiger partial charge in [-0.25, -0.2) is 0 Å². The topological polar surface area (TPSA) is 9.23 Å². The third kappa shape index (κ3) is 1.10. The van der Waals surface area contributed by atoms with E-state index in [9.17, 15) is 0 Å². The van der Waals surface area contributed by atoms with Crippen LogP contribution in [-0.2, 0) is 0 Å². The van der Waals surface area contributed by atoms with Crippen molar-refractivity contribution in [2.45, 2.75) is 0 Å². The van der Waals surface area contributed by atoms with Gasteiger partial charge in [-0.15, -0.1) is 11.3 Å². The molecule has 0 saturated carbocycles. The number of hydrogen-bond donors (Lipinski definition) is 0. The van der Waals surface area contributed by atoms with Crippen molar-refractivity contribution in [1.29, 1.82) is 0 Å². The predicted octanol–water partition coefficient (Wildman–Crippen LogP) is 2.71. The summed E-state index contributed by atoms with van der Waals surface area (Å²) >= 11 is 1.72. The Morgan fingerprint density at radius 3 is 3.09 bits per heavy atom. The predicted molar refractivity (Wildman–Crippen MR) is 47.2 cm³/mol. The Hall–Kier alpha value is -1.02. The molecular formula is C9H7OS. The van der Waals surface area contributed by atoms with Gasteiger partial charge in [0.15, 0.2) is 0 Å². The lowest BCUT2D eigenvalue weighted by molar-refractivity contribution is 0.414. The summed E-state index contributed by atoms with van der Waals surface area (Å²) in [6.07, 6.45) is 0. The van der Waals surface area contributed by atoms with E-state index < -0.39 is 0 Å². The fourth-order valence-electron chi connectivity index (χ4n) is 0.998. The molecule has 0 aliphatic heterocycles. The Bertz CT molecular complexity index is 364. The fraction of sp³-hybridized carbons (Fsp3) is 0.111. The summed E-state index contributed by atoms with van der Waals surface area (Å²) in [7, 11) is 1.66. The molecule has 2 heteroatoms. The van der Waals surface area contributed by atoms with E-state index in [1.54, 1.807) is 18.4 Å². The van der Waals surface area contributed by atoms with Gasteiger partial charge in [-0.3, -0.25) is 0 Å². The van der Waals surface area contributed by atoms with Crippen molar-refractivity contribution >= 4 is 21.4 Å². The van der Waals surface area contributed by atoms with Crippen LogP contribution in [0.3, 0.4) is 0 Å². The van der Waals surface area contributed by atoms with Crippen LogP contribution in [0.2, 0.25) is 0 Å². The molecule has 1 radical (unpaired) electrons. The Labute approximate surface area is 69.2 Å². The zero-order valence-electron chi connectivity index (χ0n) is 6.13. The Morgan fingerprint density at radius 1 is 1.36 bits per heavy atom. The molecule has 1 heterocycles. The molecule has 1 aromatic heterocycles. The van der Waals surface area contributed by atoms with E-state index >= 15 is 0 Å². The van der Waals surface area contributed by atoms with Crippen LogP contribution < -0.4 is 4.74 Å². The third-order valence-electron chi connectivity index (χ3n) is 1.56. The van der Waals surface area contributed by atoms with E-state index in [4.69, 9.17) is 4.74 Å². The van der Waals surface area contributed by atoms with Gasteiger partial charge in [-0.2, -0.15) is 0 Å². The van der Waals surface area contributed by atoms with E-state index in [1.165, 1.54) is 4.70 Å². The highest BCUT2D eigenvalue weighted by atomic mass is 32.1. The molecule has 1 nitrogen and oxygen atoms in total. The first-order chi connectivity index (χ1) is 5.40. The molecule has 0 aliphatic carbocycles. The lowest BCUT2D eigenvalue weighted by Crippen LogP contribution is -1.80. The zero-order chi connectivity index (χ0) is 7.68. The van der Waals surface area contributed by atoms with Crippen LogP contribution >= 0.6 is 11.3 Å². The lowest BCUT2D eigenvalue weighted by atomic mass is 10.2. The second-order valence-electron chi connectivity index (χ2n) is 2.23. The highest BCUT2D eigenvalue weighted by Gasteiger charge is 1.96. The van der Waals surface area contributed by atoms with E-state index in [-0.39, 0.29) is 0 Å². The molecule has 0 aliphatic rings. The average Bonchev–Trinajstić information content (AvgIpc) is 2.50. The van der Waals surface area contributed by atoms with Gasteiger partial charge in [0.25, 0.3) is 0 Å². The Balaban J connectivity index is 2.67. The first-order valence-corrected chi connectivity index (χ1v) is 4.21. The number of ether oxygens (including phenoxy) is 1. The molecule has 0 atom stereocenters. The Morgan fingerprint density at radius 2 is 2.27 bits per heavy atom. The maximum atomic E-state index is 5.04. The van der Waals surface area contributed by atoms with Gasteiger partial charge in [0.05, 0.1) is 7.11 Å². The normalized spacial score (nSPS) is 10.3. The number of fused-ring (bicyclic) bond motifs is 1. The van der Waals surface area contributed by atoms with E-state index in [0.29, 0.717) is 0 Å². The number of rotatable bonds is 1. The first kappa shape index (κ1) is 6.68. The zero-order valence-corrected chi connectivity index (χ0v) is 6.94. The second kappa shape index (κ2) is 2.55. The summed E-state index contributed by atoms with van der Waals surface area (Å²) in [5, 5.41) is 3.19. The molecule has 0 N–H and O–H groups in total. The minimum atomic E-state index is 0.802. The van der Waals surface area contributed by atoms with Crippen molar-refractivity contribution in [3.8, 4) is 5.75 Å². The van der Waals surface area contributed by atoms with Crippen LogP contribution in [0.25, 0.3) is 10.1 Å². The maximum Gasteiger partial charge on any atom is 0.127 e. The van der Waals surface area contributed by atoms with Gasteiger partial charge in [0.1, 0.15) is 5.75 Å². The number of benzene rings is 1. The molecule has 0 saturated heterocycles.